The van der Waals surface area contributed by atoms with Crippen molar-refractivity contribution in [1.82, 2.24) is 0 Å². The van der Waals surface area contributed by atoms with E-state index in [1.54, 1.807) is 30.3 Å². The predicted octanol–water partition coefficient (Wildman–Crippen LogP) is 1.95. The van der Waals surface area contributed by atoms with Gasteiger partial charge in [-0.3, -0.25) is 0 Å². The summed E-state index contributed by atoms with van der Waals surface area (Å²) in [5.74, 6) is 1.16. The summed E-state index contributed by atoms with van der Waals surface area (Å²) in [7, 11) is 4.38. The summed E-state index contributed by atoms with van der Waals surface area (Å²) in [5, 5.41) is 29.3. The molecule has 0 spiro atoms. The molecule has 0 aliphatic rings. The Labute approximate surface area is 122 Å². The maximum atomic E-state index is 9.01. The lowest BCUT2D eigenvalue weighted by Gasteiger charge is -2.14. The second-order valence-electron chi connectivity index (χ2n) is 3.62. The van der Waals surface area contributed by atoms with E-state index < -0.39 is 0 Å². The highest BCUT2D eigenvalue weighted by Gasteiger charge is 2.14. The van der Waals surface area contributed by atoms with Crippen LogP contribution in [0, 0.1) is 34.0 Å². The lowest BCUT2D eigenvalue weighted by atomic mass is 10.2. The Hall–Kier alpha value is -3.37. The van der Waals surface area contributed by atoms with E-state index in [0.29, 0.717) is 22.9 Å². The lowest BCUT2D eigenvalue weighted by molar-refractivity contribution is 0.324. The van der Waals surface area contributed by atoms with Crippen LogP contribution in [0.4, 0.5) is 5.69 Å². The number of benzene rings is 1. The lowest BCUT2D eigenvalue weighted by Crippen LogP contribution is -2.02. The Balaban J connectivity index is 3.35. The normalized spacial score (nSPS) is 8.57. The molecule has 0 aliphatic carbocycles. The van der Waals surface area contributed by atoms with E-state index in [-0.39, 0.29) is 11.3 Å². The molecule has 1 rings (SSSR count). The number of rotatable bonds is 5. The van der Waals surface area contributed by atoms with E-state index in [9.17, 15) is 0 Å². The van der Waals surface area contributed by atoms with Crippen LogP contribution in [0.1, 0.15) is 0 Å². The Kier molecular flexibility index (Phi) is 5.43. The molecular formula is C14H12N4O3. The molecule has 1 aromatic rings. The zero-order chi connectivity index (χ0) is 15.8. The third-order valence-electron chi connectivity index (χ3n) is 2.52. The number of hydrogen-bond acceptors (Lipinski definition) is 7. The molecule has 0 heterocycles. The second kappa shape index (κ2) is 7.28. The molecule has 1 aromatic carbocycles. The largest absolute Gasteiger partial charge is 0.493 e. The van der Waals surface area contributed by atoms with Crippen LogP contribution >= 0.6 is 0 Å². The smallest absolute Gasteiger partial charge is 0.203 e. The summed E-state index contributed by atoms with van der Waals surface area (Å²) in [6.07, 6.45) is 0. The zero-order valence-corrected chi connectivity index (χ0v) is 11.7. The minimum atomic E-state index is -0.314. The van der Waals surface area contributed by atoms with E-state index in [1.807, 2.05) is 0 Å². The van der Waals surface area contributed by atoms with Crippen LogP contribution in [0.15, 0.2) is 23.4 Å². The quantitative estimate of drug-likeness (QED) is 0.822. The first-order valence-electron chi connectivity index (χ1n) is 5.66. The first kappa shape index (κ1) is 15.7. The summed E-state index contributed by atoms with van der Waals surface area (Å²) in [5.41, 5.74) is -0.0513. The molecule has 0 radical (unpaired) electrons. The van der Waals surface area contributed by atoms with Crippen LogP contribution in [-0.2, 0) is 0 Å². The predicted molar refractivity (Wildman–Crippen MR) is 73.6 cm³/mol. The Morgan fingerprint density at radius 1 is 0.905 bits per heavy atom. The van der Waals surface area contributed by atoms with Crippen molar-refractivity contribution < 1.29 is 14.2 Å². The molecule has 21 heavy (non-hydrogen) atoms. The average molecular weight is 284 g/mol. The topological polar surface area (TPSA) is 111 Å². The van der Waals surface area contributed by atoms with Crippen molar-refractivity contribution in [1.29, 1.82) is 15.8 Å². The van der Waals surface area contributed by atoms with Gasteiger partial charge < -0.3 is 19.5 Å². The fraction of sp³-hybridized carbons (Fsp3) is 0.214. The van der Waals surface area contributed by atoms with Crippen LogP contribution in [0.3, 0.4) is 0 Å². The molecular weight excluding hydrogens is 272 g/mol. The summed E-state index contributed by atoms with van der Waals surface area (Å²) in [6, 6.07) is 8.19. The third-order valence-corrected chi connectivity index (χ3v) is 2.52. The third kappa shape index (κ3) is 3.34. The molecule has 0 saturated heterocycles. The van der Waals surface area contributed by atoms with Gasteiger partial charge >= 0.3 is 0 Å². The van der Waals surface area contributed by atoms with E-state index in [2.05, 4.69) is 5.32 Å². The van der Waals surface area contributed by atoms with Gasteiger partial charge in [-0.2, -0.15) is 15.8 Å². The summed E-state index contributed by atoms with van der Waals surface area (Å²) in [6.45, 7) is 0. The summed E-state index contributed by atoms with van der Waals surface area (Å²) < 4.78 is 15.5. The number of ether oxygens (including phenoxy) is 3. The minimum Gasteiger partial charge on any atom is -0.493 e. The molecule has 7 heteroatoms. The average Bonchev–Trinajstić information content (AvgIpc) is 2.53. The van der Waals surface area contributed by atoms with Crippen molar-refractivity contribution in [2.75, 3.05) is 26.6 Å². The number of allylic oxidation sites excluding steroid dienone is 2. The van der Waals surface area contributed by atoms with Crippen molar-refractivity contribution in [3.63, 3.8) is 0 Å². The maximum Gasteiger partial charge on any atom is 0.203 e. The van der Waals surface area contributed by atoms with Crippen molar-refractivity contribution in [3.8, 4) is 35.5 Å². The number of nitrogens with zero attached hydrogens (tertiary/aromatic N) is 3. The number of anilines is 1. The molecule has 0 saturated carbocycles. The van der Waals surface area contributed by atoms with Crippen LogP contribution < -0.4 is 19.5 Å². The fourth-order valence-corrected chi connectivity index (χ4v) is 1.58. The summed E-state index contributed by atoms with van der Waals surface area (Å²) >= 11 is 0. The van der Waals surface area contributed by atoms with Crippen LogP contribution in [0.5, 0.6) is 17.2 Å². The molecule has 106 valence electrons. The Morgan fingerprint density at radius 2 is 1.43 bits per heavy atom. The molecule has 7 nitrogen and oxygen atoms in total. The van der Waals surface area contributed by atoms with Gasteiger partial charge in [-0.1, -0.05) is 0 Å². The minimum absolute atomic E-state index is 0.158. The molecule has 0 amide bonds. The van der Waals surface area contributed by atoms with Gasteiger partial charge in [0.1, 0.15) is 23.9 Å². The van der Waals surface area contributed by atoms with Crippen LogP contribution in [-0.4, -0.2) is 21.3 Å². The molecule has 0 unspecified atom stereocenters. The number of methoxy groups -OCH3 is 3. The number of nitriles is 3. The first-order chi connectivity index (χ1) is 10.1. The van der Waals surface area contributed by atoms with Gasteiger partial charge in [0.05, 0.1) is 21.3 Å². The van der Waals surface area contributed by atoms with Gasteiger partial charge in [-0.05, 0) is 0 Å². The van der Waals surface area contributed by atoms with Gasteiger partial charge in [-0.25, -0.2) is 0 Å². The molecule has 0 atom stereocenters. The van der Waals surface area contributed by atoms with E-state index in [4.69, 9.17) is 30.0 Å². The van der Waals surface area contributed by atoms with Crippen LogP contribution in [0.25, 0.3) is 0 Å². The van der Waals surface area contributed by atoms with E-state index >= 15 is 0 Å². The van der Waals surface area contributed by atoms with Gasteiger partial charge in [0, 0.05) is 17.8 Å². The number of nitrogens with one attached hydrogen (secondary N) is 1. The zero-order valence-electron chi connectivity index (χ0n) is 11.7. The molecule has 0 aliphatic heterocycles. The highest BCUT2D eigenvalue weighted by atomic mass is 16.5. The first-order valence-corrected chi connectivity index (χ1v) is 5.66. The van der Waals surface area contributed by atoms with Gasteiger partial charge in [0.25, 0.3) is 0 Å². The standard InChI is InChI=1S/C14H12N4O3/c1-19-12-4-10(5-13(20-2)14(12)21-3)18-11(8-17)9(6-15)7-16/h4-5,18H,1-3H3. The Morgan fingerprint density at radius 3 is 1.76 bits per heavy atom. The monoisotopic (exact) mass is 284 g/mol. The molecule has 1 N–H and O–H groups in total. The van der Waals surface area contributed by atoms with Crippen molar-refractivity contribution >= 4 is 5.69 Å². The SMILES string of the molecule is COc1cc(NC(C#N)=C(C#N)C#N)cc(OC)c1OC. The highest BCUT2D eigenvalue weighted by molar-refractivity contribution is 5.66. The number of hydrogen-bond donors (Lipinski definition) is 1. The van der Waals surface area contributed by atoms with Crippen molar-refractivity contribution in [2.24, 2.45) is 0 Å². The van der Waals surface area contributed by atoms with Gasteiger partial charge in [0.15, 0.2) is 17.1 Å². The highest BCUT2D eigenvalue weighted by Crippen LogP contribution is 2.40. The maximum absolute atomic E-state index is 9.01. The fourth-order valence-electron chi connectivity index (χ4n) is 1.58. The van der Waals surface area contributed by atoms with Gasteiger partial charge in [-0.15, -0.1) is 0 Å². The molecule has 0 bridgehead atoms. The van der Waals surface area contributed by atoms with Gasteiger partial charge in [0.2, 0.25) is 5.75 Å². The van der Waals surface area contributed by atoms with Crippen molar-refractivity contribution in [2.45, 2.75) is 0 Å². The van der Waals surface area contributed by atoms with Crippen LogP contribution in [0.2, 0.25) is 0 Å². The Bertz CT molecular complexity index is 649. The van der Waals surface area contributed by atoms with E-state index in [1.165, 1.54) is 21.3 Å². The molecule has 0 fully saturated rings. The summed E-state index contributed by atoms with van der Waals surface area (Å²) in [4.78, 5) is 0. The van der Waals surface area contributed by atoms with Crippen molar-refractivity contribution in [3.05, 3.63) is 23.4 Å². The van der Waals surface area contributed by atoms with E-state index in [0.717, 1.165) is 0 Å². The second-order valence-corrected chi connectivity index (χ2v) is 3.62. The molecule has 0 aromatic heterocycles.